The van der Waals surface area contributed by atoms with Gasteiger partial charge in [0.25, 0.3) is 0 Å². The molecule has 4 rings (SSSR count). The lowest BCUT2D eigenvalue weighted by molar-refractivity contribution is -0.120. The molecule has 0 bridgehead atoms. The molecule has 7 nitrogen and oxygen atoms in total. The number of hydrogen-bond donors (Lipinski definition) is 1. The lowest BCUT2D eigenvalue weighted by Crippen LogP contribution is -2.41. The number of methoxy groups -OCH3 is 2. The Morgan fingerprint density at radius 2 is 1.78 bits per heavy atom. The van der Waals surface area contributed by atoms with E-state index in [2.05, 4.69) is 51.4 Å². The molecular formula is C25H28N4O3. The first-order valence-corrected chi connectivity index (χ1v) is 10.7. The van der Waals surface area contributed by atoms with Crippen LogP contribution in [0, 0.1) is 12.8 Å². The Hall–Kier alpha value is -3.61. The van der Waals surface area contributed by atoms with E-state index in [0.29, 0.717) is 29.7 Å². The van der Waals surface area contributed by atoms with Gasteiger partial charge in [0, 0.05) is 37.1 Å². The van der Waals surface area contributed by atoms with E-state index in [0.717, 1.165) is 30.5 Å². The molecule has 0 spiro atoms. The van der Waals surface area contributed by atoms with Gasteiger partial charge in [-0.05, 0) is 37.5 Å². The number of rotatable bonds is 6. The number of hydrogen-bond acceptors (Lipinski definition) is 6. The van der Waals surface area contributed by atoms with Gasteiger partial charge in [0.05, 0.1) is 25.8 Å². The van der Waals surface area contributed by atoms with Crippen LogP contribution in [-0.2, 0) is 4.79 Å². The molecule has 1 aromatic heterocycles. The Balaban J connectivity index is 1.43. The molecule has 32 heavy (non-hydrogen) atoms. The fourth-order valence-corrected chi connectivity index (χ4v) is 3.89. The zero-order valence-electron chi connectivity index (χ0n) is 18.7. The van der Waals surface area contributed by atoms with Gasteiger partial charge in [-0.3, -0.25) is 4.79 Å². The molecule has 1 fully saturated rings. The highest BCUT2D eigenvalue weighted by Gasteiger charge is 2.27. The molecule has 0 aliphatic carbocycles. The van der Waals surface area contributed by atoms with Crippen LogP contribution in [0.25, 0.3) is 11.1 Å². The van der Waals surface area contributed by atoms with Gasteiger partial charge in [-0.15, -0.1) is 0 Å². The molecule has 0 radical (unpaired) electrons. The summed E-state index contributed by atoms with van der Waals surface area (Å²) in [6, 6.07) is 13.7. The molecule has 1 aliphatic rings. The number of nitrogens with zero attached hydrogens (tertiary/aromatic N) is 3. The van der Waals surface area contributed by atoms with E-state index in [1.165, 1.54) is 5.56 Å². The largest absolute Gasteiger partial charge is 0.497 e. The Bertz CT molecular complexity index is 1070. The molecule has 2 aromatic carbocycles. The summed E-state index contributed by atoms with van der Waals surface area (Å²) in [5.74, 6) is 1.71. The molecule has 1 amide bonds. The van der Waals surface area contributed by atoms with Crippen LogP contribution in [0.15, 0.2) is 54.9 Å². The van der Waals surface area contributed by atoms with Crippen LogP contribution in [0.2, 0.25) is 0 Å². The molecule has 2 heterocycles. The molecule has 1 saturated heterocycles. The number of carbonyl (C=O) groups is 1. The third-order valence-corrected chi connectivity index (χ3v) is 5.76. The second kappa shape index (κ2) is 9.68. The Kier molecular flexibility index (Phi) is 6.54. The Morgan fingerprint density at radius 3 is 2.47 bits per heavy atom. The normalized spacial score (nSPS) is 15.8. The van der Waals surface area contributed by atoms with Gasteiger partial charge in [0.15, 0.2) is 0 Å². The average molecular weight is 433 g/mol. The first-order chi connectivity index (χ1) is 15.6. The van der Waals surface area contributed by atoms with E-state index < -0.39 is 0 Å². The van der Waals surface area contributed by atoms with Gasteiger partial charge < -0.3 is 19.7 Å². The van der Waals surface area contributed by atoms with Gasteiger partial charge in [0.2, 0.25) is 11.9 Å². The molecule has 1 atom stereocenters. The molecule has 0 unspecified atom stereocenters. The monoisotopic (exact) mass is 432 g/mol. The van der Waals surface area contributed by atoms with E-state index in [1.807, 2.05) is 12.4 Å². The zero-order chi connectivity index (χ0) is 22.5. The molecule has 1 N–H and O–H groups in total. The zero-order valence-corrected chi connectivity index (χ0v) is 18.7. The van der Waals surface area contributed by atoms with Crippen LogP contribution in [0.5, 0.6) is 11.5 Å². The van der Waals surface area contributed by atoms with Crippen molar-refractivity contribution >= 4 is 17.5 Å². The molecule has 166 valence electrons. The predicted octanol–water partition coefficient (Wildman–Crippen LogP) is 4.32. The number of aryl methyl sites for hydroxylation is 1. The first kappa shape index (κ1) is 21.6. The highest BCUT2D eigenvalue weighted by Crippen LogP contribution is 2.30. The summed E-state index contributed by atoms with van der Waals surface area (Å²) < 4.78 is 10.6. The second-order valence-corrected chi connectivity index (χ2v) is 7.98. The first-order valence-electron chi connectivity index (χ1n) is 10.7. The smallest absolute Gasteiger partial charge is 0.229 e. The summed E-state index contributed by atoms with van der Waals surface area (Å²) in [6.45, 7) is 3.48. The van der Waals surface area contributed by atoms with E-state index in [9.17, 15) is 4.79 Å². The van der Waals surface area contributed by atoms with Crippen LogP contribution >= 0.6 is 0 Å². The number of nitrogens with one attached hydrogen (secondary N) is 1. The fourth-order valence-electron chi connectivity index (χ4n) is 3.89. The van der Waals surface area contributed by atoms with E-state index in [1.54, 1.807) is 32.4 Å². The van der Waals surface area contributed by atoms with E-state index in [4.69, 9.17) is 9.47 Å². The van der Waals surface area contributed by atoms with Crippen LogP contribution < -0.4 is 19.7 Å². The van der Waals surface area contributed by atoms with Crippen LogP contribution in [-0.4, -0.2) is 43.2 Å². The summed E-state index contributed by atoms with van der Waals surface area (Å²) in [4.78, 5) is 24.2. The molecule has 1 aliphatic heterocycles. The number of amides is 1. The van der Waals surface area contributed by atoms with Gasteiger partial charge >= 0.3 is 0 Å². The van der Waals surface area contributed by atoms with Crippen LogP contribution in [0.4, 0.5) is 11.6 Å². The summed E-state index contributed by atoms with van der Waals surface area (Å²) in [6.07, 6.45) is 5.42. The van der Waals surface area contributed by atoms with Crippen molar-refractivity contribution in [3.05, 3.63) is 60.4 Å². The van der Waals surface area contributed by atoms with Crippen molar-refractivity contribution in [3.8, 4) is 22.6 Å². The summed E-state index contributed by atoms with van der Waals surface area (Å²) >= 11 is 0. The molecule has 0 saturated carbocycles. The third-order valence-electron chi connectivity index (χ3n) is 5.76. The number of anilines is 2. The summed E-state index contributed by atoms with van der Waals surface area (Å²) in [5.41, 5.74) is 3.92. The maximum atomic E-state index is 13.0. The topological polar surface area (TPSA) is 76.6 Å². The predicted molar refractivity (Wildman–Crippen MR) is 125 cm³/mol. The minimum atomic E-state index is -0.157. The Labute approximate surface area is 188 Å². The van der Waals surface area contributed by atoms with E-state index in [-0.39, 0.29) is 11.8 Å². The summed E-state index contributed by atoms with van der Waals surface area (Å²) in [7, 11) is 3.17. The van der Waals surface area contributed by atoms with Gasteiger partial charge in [-0.1, -0.05) is 29.8 Å². The van der Waals surface area contributed by atoms with Crippen molar-refractivity contribution in [3.63, 3.8) is 0 Å². The van der Waals surface area contributed by atoms with Crippen molar-refractivity contribution in [2.24, 2.45) is 5.92 Å². The average Bonchev–Trinajstić information content (AvgIpc) is 2.85. The maximum absolute atomic E-state index is 13.0. The number of piperidine rings is 1. The lowest BCUT2D eigenvalue weighted by atomic mass is 9.97. The molecular weight excluding hydrogens is 404 g/mol. The third kappa shape index (κ3) is 4.82. The molecule has 7 heteroatoms. The lowest BCUT2D eigenvalue weighted by Gasteiger charge is -2.32. The van der Waals surface area contributed by atoms with Crippen LogP contribution in [0.3, 0.4) is 0 Å². The second-order valence-electron chi connectivity index (χ2n) is 7.98. The number of ether oxygens (including phenoxy) is 2. The van der Waals surface area contributed by atoms with Crippen molar-refractivity contribution in [1.29, 1.82) is 0 Å². The van der Waals surface area contributed by atoms with Crippen molar-refractivity contribution in [1.82, 2.24) is 9.97 Å². The van der Waals surface area contributed by atoms with Crippen molar-refractivity contribution in [2.45, 2.75) is 19.8 Å². The highest BCUT2D eigenvalue weighted by molar-refractivity contribution is 5.94. The number of aromatic nitrogens is 2. The Morgan fingerprint density at radius 1 is 1.03 bits per heavy atom. The summed E-state index contributed by atoms with van der Waals surface area (Å²) in [5, 5.41) is 3.00. The van der Waals surface area contributed by atoms with E-state index >= 15 is 0 Å². The van der Waals surface area contributed by atoms with Crippen molar-refractivity contribution < 1.29 is 14.3 Å². The SMILES string of the molecule is COc1ccc(NC(=O)[C@@H]2CCCN(c3ncc(-c4ccc(C)cc4)cn3)C2)c(OC)c1. The fraction of sp³-hybridized carbons (Fsp3) is 0.320. The van der Waals surface area contributed by atoms with Gasteiger partial charge in [-0.25, -0.2) is 9.97 Å². The number of carbonyl (C=O) groups excluding carboxylic acids is 1. The highest BCUT2D eigenvalue weighted by atomic mass is 16.5. The van der Waals surface area contributed by atoms with Gasteiger partial charge in [0.1, 0.15) is 11.5 Å². The minimum Gasteiger partial charge on any atom is -0.497 e. The van der Waals surface area contributed by atoms with Crippen LogP contribution in [0.1, 0.15) is 18.4 Å². The maximum Gasteiger partial charge on any atom is 0.229 e. The van der Waals surface area contributed by atoms with Crippen molar-refractivity contribution in [2.75, 3.05) is 37.5 Å². The number of benzene rings is 2. The standard InChI is InChI=1S/C25H28N4O3/c1-17-6-8-18(9-7-17)20-14-26-25(27-15-20)29-12-4-5-19(16-29)24(30)28-22-11-10-21(31-2)13-23(22)32-3/h6-11,13-15,19H,4-5,12,16H2,1-3H3,(H,28,30)/t19-/m1/s1. The quantitative estimate of drug-likeness (QED) is 0.625. The van der Waals surface area contributed by atoms with Gasteiger partial charge in [-0.2, -0.15) is 0 Å². The molecule has 3 aromatic rings. The minimum absolute atomic E-state index is 0.0329.